The van der Waals surface area contributed by atoms with Crippen LogP contribution in [0.4, 0.5) is 5.82 Å². The number of carbonyl (C=O) groups excluding carboxylic acids is 2. The minimum absolute atomic E-state index is 0.159. The zero-order chi connectivity index (χ0) is 16.3. The van der Waals surface area contributed by atoms with Gasteiger partial charge in [0.05, 0.1) is 10.0 Å². The van der Waals surface area contributed by atoms with Crippen molar-refractivity contribution in [1.82, 2.24) is 4.98 Å². The molecule has 0 saturated carbocycles. The third kappa shape index (κ3) is 3.97. The van der Waals surface area contributed by atoms with Crippen molar-refractivity contribution in [3.63, 3.8) is 0 Å². The van der Waals surface area contributed by atoms with Crippen LogP contribution in [0.3, 0.4) is 0 Å². The highest BCUT2D eigenvalue weighted by atomic mass is 35.5. The molecule has 1 amide bonds. The van der Waals surface area contributed by atoms with Gasteiger partial charge in [0, 0.05) is 6.20 Å². The Morgan fingerprint density at radius 1 is 1.41 bits per heavy atom. The number of aromatic nitrogens is 1. The first-order valence-corrected chi connectivity index (χ1v) is 7.89. The highest BCUT2D eigenvalue weighted by molar-refractivity contribution is 7.12. The Hall–Kier alpha value is -1.63. The van der Waals surface area contributed by atoms with Crippen LogP contribution in [0, 0.1) is 6.92 Å². The minimum Gasteiger partial charge on any atom is -0.448 e. The molecule has 1 N–H and O–H groups in total. The Kier molecular flexibility index (Phi) is 5.39. The summed E-state index contributed by atoms with van der Waals surface area (Å²) in [6.45, 7) is 3.27. The number of hydrogen-bond acceptors (Lipinski definition) is 5. The van der Waals surface area contributed by atoms with E-state index in [0.717, 1.165) is 5.56 Å². The number of carbonyl (C=O) groups is 2. The van der Waals surface area contributed by atoms with Gasteiger partial charge < -0.3 is 10.1 Å². The van der Waals surface area contributed by atoms with Gasteiger partial charge in [-0.3, -0.25) is 4.79 Å². The van der Waals surface area contributed by atoms with Crippen molar-refractivity contribution < 1.29 is 14.3 Å². The van der Waals surface area contributed by atoms with Gasteiger partial charge in [-0.2, -0.15) is 0 Å². The summed E-state index contributed by atoms with van der Waals surface area (Å²) in [5.41, 5.74) is 0.810. The third-order valence-electron chi connectivity index (χ3n) is 2.75. The molecule has 2 aromatic heterocycles. The van der Waals surface area contributed by atoms with Crippen LogP contribution in [0.5, 0.6) is 0 Å². The second kappa shape index (κ2) is 7.09. The molecular weight excluding hydrogens is 347 g/mol. The molecule has 0 aliphatic heterocycles. The molecule has 2 aromatic rings. The van der Waals surface area contributed by atoms with Crippen LogP contribution >= 0.6 is 34.5 Å². The highest BCUT2D eigenvalue weighted by Crippen LogP contribution is 2.23. The van der Waals surface area contributed by atoms with Crippen molar-refractivity contribution in [3.05, 3.63) is 44.2 Å². The second-order valence-electron chi connectivity index (χ2n) is 4.45. The molecule has 22 heavy (non-hydrogen) atoms. The Morgan fingerprint density at radius 3 is 2.73 bits per heavy atom. The highest BCUT2D eigenvalue weighted by Gasteiger charge is 2.21. The normalized spacial score (nSPS) is 11.8. The lowest BCUT2D eigenvalue weighted by Gasteiger charge is -2.13. The number of nitrogens with one attached hydrogen (secondary N) is 1. The van der Waals surface area contributed by atoms with Crippen LogP contribution in [0.25, 0.3) is 0 Å². The number of ether oxygens (including phenoxy) is 1. The van der Waals surface area contributed by atoms with Crippen LogP contribution in [0.2, 0.25) is 10.0 Å². The fraction of sp³-hybridized carbons (Fsp3) is 0.214. The molecule has 2 heterocycles. The number of halogens is 2. The molecule has 5 nitrogen and oxygen atoms in total. The van der Waals surface area contributed by atoms with Crippen LogP contribution in [0.1, 0.15) is 22.2 Å². The van der Waals surface area contributed by atoms with E-state index >= 15 is 0 Å². The maximum absolute atomic E-state index is 12.0. The molecule has 2 rings (SSSR count). The van der Waals surface area contributed by atoms with Gasteiger partial charge in [0.25, 0.3) is 5.91 Å². The van der Waals surface area contributed by atoms with Crippen LogP contribution in [-0.4, -0.2) is 23.0 Å². The molecule has 8 heteroatoms. The summed E-state index contributed by atoms with van der Waals surface area (Å²) in [6.07, 6.45) is 0.372. The average molecular weight is 359 g/mol. The van der Waals surface area contributed by atoms with E-state index < -0.39 is 18.0 Å². The zero-order valence-corrected chi connectivity index (χ0v) is 14.1. The van der Waals surface area contributed by atoms with E-state index in [4.69, 9.17) is 27.9 Å². The topological polar surface area (TPSA) is 68.3 Å². The first-order valence-electron chi connectivity index (χ1n) is 6.25. The van der Waals surface area contributed by atoms with Crippen molar-refractivity contribution in [1.29, 1.82) is 0 Å². The number of amides is 1. The monoisotopic (exact) mass is 358 g/mol. The number of nitrogens with zero attached hydrogens (tertiary/aromatic N) is 1. The summed E-state index contributed by atoms with van der Waals surface area (Å²) < 4.78 is 5.14. The maximum atomic E-state index is 12.0. The SMILES string of the molecule is Cc1ccsc1C(=O)O[C@H](C)C(=O)Nc1ncc(Cl)cc1Cl. The smallest absolute Gasteiger partial charge is 0.349 e. The molecule has 116 valence electrons. The van der Waals surface area contributed by atoms with E-state index in [-0.39, 0.29) is 10.8 Å². The molecule has 0 saturated heterocycles. The number of hydrogen-bond donors (Lipinski definition) is 1. The predicted molar refractivity (Wildman–Crippen MR) is 86.8 cm³/mol. The quantitative estimate of drug-likeness (QED) is 0.840. The summed E-state index contributed by atoms with van der Waals surface area (Å²) in [7, 11) is 0. The van der Waals surface area contributed by atoms with E-state index in [1.165, 1.54) is 30.5 Å². The van der Waals surface area contributed by atoms with Gasteiger partial charge in [0.2, 0.25) is 0 Å². The van der Waals surface area contributed by atoms with Gasteiger partial charge in [-0.1, -0.05) is 23.2 Å². The van der Waals surface area contributed by atoms with Crippen molar-refractivity contribution in [2.24, 2.45) is 0 Å². The number of aryl methyl sites for hydroxylation is 1. The van der Waals surface area contributed by atoms with E-state index in [1.54, 1.807) is 12.3 Å². The molecule has 0 aliphatic carbocycles. The van der Waals surface area contributed by atoms with Crippen LogP contribution < -0.4 is 5.32 Å². The molecule has 0 aromatic carbocycles. The van der Waals surface area contributed by atoms with Crippen LogP contribution in [0.15, 0.2) is 23.7 Å². The first-order chi connectivity index (χ1) is 10.4. The Morgan fingerprint density at radius 2 is 2.14 bits per heavy atom. The second-order valence-corrected chi connectivity index (χ2v) is 6.21. The van der Waals surface area contributed by atoms with Crippen molar-refractivity contribution >= 4 is 52.2 Å². The number of esters is 1. The molecular formula is C14H12Cl2N2O3S. The molecule has 0 fully saturated rings. The fourth-order valence-corrected chi connectivity index (χ4v) is 2.81. The molecule has 0 unspecified atom stereocenters. The van der Waals surface area contributed by atoms with Gasteiger partial charge in [-0.25, -0.2) is 9.78 Å². The number of anilines is 1. The first kappa shape index (κ1) is 16.7. The minimum atomic E-state index is -0.984. The van der Waals surface area contributed by atoms with Crippen molar-refractivity contribution in [2.75, 3.05) is 5.32 Å². The predicted octanol–water partition coefficient (Wildman–Crippen LogP) is 3.94. The largest absolute Gasteiger partial charge is 0.448 e. The Labute approximate surface area is 141 Å². The number of pyridine rings is 1. The van der Waals surface area contributed by atoms with Gasteiger partial charge in [-0.15, -0.1) is 11.3 Å². The Balaban J connectivity index is 2.00. The van der Waals surface area contributed by atoms with Crippen LogP contribution in [-0.2, 0) is 9.53 Å². The molecule has 0 spiro atoms. The summed E-state index contributed by atoms with van der Waals surface area (Å²) in [5.74, 6) is -0.907. The van der Waals surface area contributed by atoms with Gasteiger partial charge in [0.1, 0.15) is 4.88 Å². The summed E-state index contributed by atoms with van der Waals surface area (Å²) in [5, 5.41) is 4.83. The third-order valence-corrected chi connectivity index (χ3v) is 4.24. The fourth-order valence-electron chi connectivity index (χ4n) is 1.57. The molecule has 0 aliphatic rings. The average Bonchev–Trinajstić information content (AvgIpc) is 2.88. The van der Waals surface area contributed by atoms with Gasteiger partial charge in [-0.05, 0) is 36.9 Å². The van der Waals surface area contributed by atoms with Gasteiger partial charge in [0.15, 0.2) is 11.9 Å². The Bertz CT molecular complexity index is 718. The van der Waals surface area contributed by atoms with Crippen molar-refractivity contribution in [2.45, 2.75) is 20.0 Å². The lowest BCUT2D eigenvalue weighted by molar-refractivity contribution is -0.123. The summed E-state index contributed by atoms with van der Waals surface area (Å²) in [4.78, 5) is 28.4. The van der Waals surface area contributed by atoms with E-state index in [9.17, 15) is 9.59 Å². The summed E-state index contributed by atoms with van der Waals surface area (Å²) in [6, 6.07) is 3.26. The standard InChI is InChI=1S/C14H12Cl2N2O3S/c1-7-3-4-22-11(7)14(20)21-8(2)13(19)18-12-10(16)5-9(15)6-17-12/h3-6,8H,1-2H3,(H,17,18,19)/t8-/m1/s1. The maximum Gasteiger partial charge on any atom is 0.349 e. The zero-order valence-electron chi connectivity index (χ0n) is 11.7. The number of rotatable bonds is 4. The van der Waals surface area contributed by atoms with Crippen molar-refractivity contribution in [3.8, 4) is 0 Å². The molecule has 0 bridgehead atoms. The van der Waals surface area contributed by atoms with Gasteiger partial charge >= 0.3 is 5.97 Å². The lowest BCUT2D eigenvalue weighted by atomic mass is 10.3. The van der Waals surface area contributed by atoms with E-state index in [2.05, 4.69) is 10.3 Å². The molecule has 1 atom stereocenters. The summed E-state index contributed by atoms with van der Waals surface area (Å²) >= 11 is 12.9. The van der Waals surface area contributed by atoms with E-state index in [0.29, 0.717) is 9.90 Å². The van der Waals surface area contributed by atoms with E-state index in [1.807, 2.05) is 6.07 Å². The molecule has 0 radical (unpaired) electrons. The lowest BCUT2D eigenvalue weighted by Crippen LogP contribution is -2.30. The number of thiophene rings is 1.